The number of unbranched alkanes of at least 4 members (excludes halogenated alkanes) is 1. The summed E-state index contributed by atoms with van der Waals surface area (Å²) >= 11 is 5.56. The van der Waals surface area contributed by atoms with Crippen molar-refractivity contribution in [1.82, 2.24) is 0 Å². The largest absolute Gasteiger partial charge is 0.390 e. The van der Waals surface area contributed by atoms with Crippen LogP contribution in [0.15, 0.2) is 0 Å². The molecule has 0 spiro atoms. The van der Waals surface area contributed by atoms with Gasteiger partial charge in [0.1, 0.15) is 0 Å². The van der Waals surface area contributed by atoms with E-state index in [0.717, 1.165) is 19.3 Å². The van der Waals surface area contributed by atoms with Crippen LogP contribution in [0.5, 0.6) is 0 Å². The molecule has 0 radical (unpaired) electrons. The second kappa shape index (κ2) is 4.30. The molecule has 1 rings (SSSR count). The monoisotopic (exact) mass is 201 g/mol. The Kier molecular flexibility index (Phi) is 3.58. The minimum atomic E-state index is -0.604. The Hall–Kier alpha value is -0.260. The van der Waals surface area contributed by atoms with Crippen molar-refractivity contribution < 1.29 is 5.11 Å². The van der Waals surface area contributed by atoms with E-state index in [9.17, 15) is 5.11 Å². The molecule has 0 aliphatic heterocycles. The van der Waals surface area contributed by atoms with Crippen molar-refractivity contribution in [3.05, 3.63) is 0 Å². The van der Waals surface area contributed by atoms with E-state index in [-0.39, 0.29) is 11.8 Å². The lowest BCUT2D eigenvalue weighted by Crippen LogP contribution is -2.51. The van der Waals surface area contributed by atoms with Crippen molar-refractivity contribution in [2.24, 2.45) is 11.8 Å². The van der Waals surface area contributed by atoms with Gasteiger partial charge in [-0.25, -0.2) is 0 Å². The molecular weight excluding hydrogens is 186 g/mol. The van der Waals surface area contributed by atoms with Crippen LogP contribution in [0.2, 0.25) is 0 Å². The number of hydrogen-bond acceptors (Lipinski definition) is 2. The number of nitriles is 1. The maximum Gasteiger partial charge on any atom is 0.0673 e. The molecular formula is C10H16ClNO. The predicted molar refractivity (Wildman–Crippen MR) is 52.4 cm³/mol. The van der Waals surface area contributed by atoms with Crippen molar-refractivity contribution in [2.45, 2.75) is 38.2 Å². The van der Waals surface area contributed by atoms with Crippen molar-refractivity contribution in [3.8, 4) is 6.07 Å². The average molecular weight is 202 g/mol. The zero-order valence-corrected chi connectivity index (χ0v) is 8.72. The SMILES string of the molecule is C[C@]1(O)C[C@H](C#N)[C@H]1CCCCCl. The molecule has 0 amide bonds. The maximum atomic E-state index is 9.79. The van der Waals surface area contributed by atoms with Crippen LogP contribution in [-0.4, -0.2) is 16.6 Å². The summed E-state index contributed by atoms with van der Waals surface area (Å²) in [5.74, 6) is 0.901. The van der Waals surface area contributed by atoms with Crippen LogP contribution in [-0.2, 0) is 0 Å². The minimum absolute atomic E-state index is 0.0605. The van der Waals surface area contributed by atoms with E-state index in [1.807, 2.05) is 6.92 Å². The van der Waals surface area contributed by atoms with Crippen LogP contribution in [0.25, 0.3) is 0 Å². The molecule has 0 saturated heterocycles. The number of hydrogen-bond donors (Lipinski definition) is 1. The lowest BCUT2D eigenvalue weighted by Gasteiger charge is -2.47. The molecule has 1 aliphatic rings. The topological polar surface area (TPSA) is 44.0 Å². The number of nitrogens with zero attached hydrogens (tertiary/aromatic N) is 1. The van der Waals surface area contributed by atoms with Gasteiger partial charge in [-0.05, 0) is 26.2 Å². The van der Waals surface area contributed by atoms with Crippen molar-refractivity contribution in [1.29, 1.82) is 5.26 Å². The number of rotatable bonds is 4. The third kappa shape index (κ3) is 2.36. The van der Waals surface area contributed by atoms with Crippen LogP contribution in [0.3, 0.4) is 0 Å². The summed E-state index contributed by atoms with van der Waals surface area (Å²) in [6.07, 6.45) is 3.56. The highest BCUT2D eigenvalue weighted by atomic mass is 35.5. The van der Waals surface area contributed by atoms with Gasteiger partial charge in [-0.2, -0.15) is 5.26 Å². The van der Waals surface area contributed by atoms with Crippen molar-refractivity contribution in [2.75, 3.05) is 5.88 Å². The second-order valence-corrected chi connectivity index (χ2v) is 4.47. The highest BCUT2D eigenvalue weighted by Gasteiger charge is 2.48. The lowest BCUT2D eigenvalue weighted by atomic mass is 9.61. The van der Waals surface area contributed by atoms with Gasteiger partial charge in [0.05, 0.1) is 17.6 Å². The van der Waals surface area contributed by atoms with Gasteiger partial charge in [0.25, 0.3) is 0 Å². The predicted octanol–water partition coefficient (Wildman–Crippen LogP) is 2.31. The summed E-state index contributed by atoms with van der Waals surface area (Å²) in [7, 11) is 0. The second-order valence-electron chi connectivity index (χ2n) is 4.09. The molecule has 0 aromatic carbocycles. The highest BCUT2D eigenvalue weighted by Crippen LogP contribution is 2.46. The van der Waals surface area contributed by atoms with E-state index >= 15 is 0 Å². The maximum absolute atomic E-state index is 9.79. The van der Waals surface area contributed by atoms with Crippen molar-refractivity contribution >= 4 is 11.6 Å². The first-order chi connectivity index (χ1) is 6.11. The van der Waals surface area contributed by atoms with Gasteiger partial charge in [0, 0.05) is 11.8 Å². The minimum Gasteiger partial charge on any atom is -0.390 e. The molecule has 0 aromatic heterocycles. The Bertz CT molecular complexity index is 209. The van der Waals surface area contributed by atoms with E-state index < -0.39 is 5.60 Å². The first-order valence-corrected chi connectivity index (χ1v) is 5.33. The Labute approximate surface area is 84.5 Å². The number of aliphatic hydroxyl groups is 1. The fraction of sp³-hybridized carbons (Fsp3) is 0.900. The summed E-state index contributed by atoms with van der Waals surface area (Å²) in [5.41, 5.74) is -0.604. The molecule has 3 atom stereocenters. The summed E-state index contributed by atoms with van der Waals surface area (Å²) in [6, 6.07) is 2.24. The van der Waals surface area contributed by atoms with Crippen LogP contribution >= 0.6 is 11.6 Å². The Morgan fingerprint density at radius 3 is 2.77 bits per heavy atom. The third-order valence-corrected chi connectivity index (χ3v) is 3.25. The summed E-state index contributed by atoms with van der Waals surface area (Å²) in [4.78, 5) is 0. The highest BCUT2D eigenvalue weighted by molar-refractivity contribution is 6.17. The van der Waals surface area contributed by atoms with Gasteiger partial charge in [-0.15, -0.1) is 11.6 Å². The molecule has 0 aromatic rings. The molecule has 0 heterocycles. The van der Waals surface area contributed by atoms with Gasteiger partial charge in [0.15, 0.2) is 0 Å². The smallest absolute Gasteiger partial charge is 0.0673 e. The van der Waals surface area contributed by atoms with Gasteiger partial charge in [-0.1, -0.05) is 6.42 Å². The molecule has 0 unspecified atom stereocenters. The fourth-order valence-corrected chi connectivity index (χ4v) is 2.31. The molecule has 2 nitrogen and oxygen atoms in total. The molecule has 1 aliphatic carbocycles. The van der Waals surface area contributed by atoms with Gasteiger partial charge < -0.3 is 5.11 Å². The van der Waals surface area contributed by atoms with Crippen LogP contribution in [0.4, 0.5) is 0 Å². The van der Waals surface area contributed by atoms with E-state index in [1.54, 1.807) is 0 Å². The molecule has 1 saturated carbocycles. The first kappa shape index (κ1) is 10.8. The summed E-state index contributed by atoms with van der Waals surface area (Å²) in [6.45, 7) is 1.83. The summed E-state index contributed by atoms with van der Waals surface area (Å²) in [5, 5.41) is 18.5. The number of halogens is 1. The summed E-state index contributed by atoms with van der Waals surface area (Å²) < 4.78 is 0. The van der Waals surface area contributed by atoms with Gasteiger partial charge >= 0.3 is 0 Å². The third-order valence-electron chi connectivity index (χ3n) is 2.98. The molecule has 1 fully saturated rings. The van der Waals surface area contributed by atoms with Gasteiger partial charge in [0.2, 0.25) is 0 Å². The Morgan fingerprint density at radius 2 is 2.31 bits per heavy atom. The van der Waals surface area contributed by atoms with Gasteiger partial charge in [-0.3, -0.25) is 0 Å². The zero-order valence-electron chi connectivity index (χ0n) is 7.96. The standard InChI is InChI=1S/C10H16ClNO/c1-10(13)6-8(7-12)9(10)4-2-3-5-11/h8-9,13H,2-6H2,1H3/t8-,9-,10+/m1/s1. The molecule has 74 valence electrons. The molecule has 13 heavy (non-hydrogen) atoms. The van der Waals surface area contributed by atoms with Crippen LogP contribution in [0, 0.1) is 23.2 Å². The average Bonchev–Trinajstić information content (AvgIpc) is 2.08. The van der Waals surface area contributed by atoms with E-state index in [0.29, 0.717) is 12.3 Å². The zero-order chi connectivity index (χ0) is 9.90. The van der Waals surface area contributed by atoms with Crippen molar-refractivity contribution in [3.63, 3.8) is 0 Å². The van der Waals surface area contributed by atoms with Crippen LogP contribution in [0.1, 0.15) is 32.6 Å². The van der Waals surface area contributed by atoms with E-state index in [2.05, 4.69) is 6.07 Å². The van der Waals surface area contributed by atoms with E-state index in [1.165, 1.54) is 0 Å². The van der Waals surface area contributed by atoms with E-state index in [4.69, 9.17) is 16.9 Å². The molecule has 3 heteroatoms. The Morgan fingerprint density at radius 1 is 1.62 bits per heavy atom. The Balaban J connectivity index is 2.33. The van der Waals surface area contributed by atoms with Crippen LogP contribution < -0.4 is 0 Å². The fourth-order valence-electron chi connectivity index (χ4n) is 2.12. The molecule has 1 N–H and O–H groups in total. The quantitative estimate of drug-likeness (QED) is 0.561. The first-order valence-electron chi connectivity index (χ1n) is 4.80. The number of alkyl halides is 1. The molecule has 0 bridgehead atoms. The normalized spacial score (nSPS) is 38.0. The lowest BCUT2D eigenvalue weighted by molar-refractivity contribution is -0.109.